The molecule has 1 saturated heterocycles. The van der Waals surface area contributed by atoms with Crippen LogP contribution in [0.15, 0.2) is 18.2 Å². The summed E-state index contributed by atoms with van der Waals surface area (Å²) in [5.74, 6) is -0.401. The third kappa shape index (κ3) is 2.93. The predicted molar refractivity (Wildman–Crippen MR) is 72.3 cm³/mol. The summed E-state index contributed by atoms with van der Waals surface area (Å²) in [6.07, 6.45) is 4.44. The Morgan fingerprint density at radius 1 is 1.30 bits per heavy atom. The lowest BCUT2D eigenvalue weighted by atomic mass is 9.96. The normalized spacial score (nSPS) is 22.4. The molecule has 5 heteroatoms. The van der Waals surface area contributed by atoms with Crippen LogP contribution in [0.4, 0.5) is 10.1 Å². The number of ether oxygens (including phenoxy) is 2. The molecule has 2 fully saturated rings. The summed E-state index contributed by atoms with van der Waals surface area (Å²) in [6, 6.07) is 4.52. The fourth-order valence-electron chi connectivity index (χ4n) is 2.35. The molecule has 0 bridgehead atoms. The van der Waals surface area contributed by atoms with Gasteiger partial charge in [-0.05, 0) is 44.2 Å². The zero-order valence-electron chi connectivity index (χ0n) is 11.2. The average molecular weight is 279 g/mol. The molecule has 1 aromatic carbocycles. The lowest BCUT2D eigenvalue weighted by Gasteiger charge is -2.26. The van der Waals surface area contributed by atoms with Crippen LogP contribution in [0.2, 0.25) is 0 Å². The van der Waals surface area contributed by atoms with Crippen LogP contribution >= 0.6 is 0 Å². The molecule has 20 heavy (non-hydrogen) atoms. The van der Waals surface area contributed by atoms with Gasteiger partial charge in [-0.3, -0.25) is 4.79 Å². The fraction of sp³-hybridized carbons (Fsp3) is 0.533. The van der Waals surface area contributed by atoms with Crippen molar-refractivity contribution in [2.24, 2.45) is 0 Å². The molecule has 1 amide bonds. The molecule has 4 nitrogen and oxygen atoms in total. The molecule has 0 unspecified atom stereocenters. The van der Waals surface area contributed by atoms with Gasteiger partial charge < -0.3 is 14.8 Å². The molecule has 1 heterocycles. The number of carbonyl (C=O) groups excluding carboxylic acids is 1. The Morgan fingerprint density at radius 3 is 2.75 bits per heavy atom. The first-order valence-corrected chi connectivity index (χ1v) is 7.11. The smallest absolute Gasteiger partial charge is 0.253 e. The minimum atomic E-state index is -0.443. The molecule has 2 aliphatic rings. The maximum Gasteiger partial charge on any atom is 0.253 e. The second-order valence-electron chi connectivity index (χ2n) is 5.31. The minimum Gasteiger partial charge on any atom is -0.487 e. The summed E-state index contributed by atoms with van der Waals surface area (Å²) in [4.78, 5) is 11.9. The van der Waals surface area contributed by atoms with Crippen molar-refractivity contribution in [3.8, 4) is 5.75 Å². The topological polar surface area (TPSA) is 47.6 Å². The van der Waals surface area contributed by atoms with E-state index in [0.29, 0.717) is 12.3 Å². The number of hydrogen-bond acceptors (Lipinski definition) is 3. The summed E-state index contributed by atoms with van der Waals surface area (Å²) in [6.45, 7) is 0.612. The molecule has 1 aliphatic heterocycles. The number of nitrogens with one attached hydrogen (secondary N) is 1. The lowest BCUT2D eigenvalue weighted by Crippen LogP contribution is -2.27. The third-order valence-electron chi connectivity index (χ3n) is 3.77. The van der Waals surface area contributed by atoms with Crippen LogP contribution in [-0.2, 0) is 9.53 Å². The summed E-state index contributed by atoms with van der Waals surface area (Å²) in [7, 11) is 0. The highest BCUT2D eigenvalue weighted by Gasteiger charge is 2.24. The largest absolute Gasteiger partial charge is 0.487 e. The highest BCUT2D eigenvalue weighted by atomic mass is 19.1. The van der Waals surface area contributed by atoms with Gasteiger partial charge >= 0.3 is 0 Å². The van der Waals surface area contributed by atoms with Gasteiger partial charge in [0.25, 0.3) is 5.91 Å². The second-order valence-corrected chi connectivity index (χ2v) is 5.31. The Balaban J connectivity index is 1.61. The molecular weight excluding hydrogens is 261 g/mol. The molecule has 1 aromatic rings. The number of halogens is 1. The molecule has 1 saturated carbocycles. The van der Waals surface area contributed by atoms with Crippen LogP contribution in [0.25, 0.3) is 0 Å². The van der Waals surface area contributed by atoms with Crippen molar-refractivity contribution in [1.82, 2.24) is 0 Å². The number of benzene rings is 1. The maximum atomic E-state index is 13.9. The molecule has 1 aliphatic carbocycles. The van der Waals surface area contributed by atoms with E-state index in [1.807, 2.05) is 0 Å². The highest BCUT2D eigenvalue weighted by Crippen LogP contribution is 2.28. The number of carbonyl (C=O) groups is 1. The van der Waals surface area contributed by atoms with Crippen molar-refractivity contribution in [3.63, 3.8) is 0 Å². The third-order valence-corrected chi connectivity index (χ3v) is 3.77. The maximum absolute atomic E-state index is 13.9. The van der Waals surface area contributed by atoms with E-state index in [0.717, 1.165) is 32.1 Å². The van der Waals surface area contributed by atoms with E-state index in [1.165, 1.54) is 6.07 Å². The quantitative estimate of drug-likeness (QED) is 0.922. The van der Waals surface area contributed by atoms with Gasteiger partial charge in [0.2, 0.25) is 0 Å². The standard InChI is InChI=1S/C15H18FNO3/c16-12-9-10(17-15(18)14-5-2-8-19-14)6-7-13(12)20-11-3-1-4-11/h6-7,9,11,14H,1-5,8H2,(H,17,18)/t14-/m0/s1. The minimum absolute atomic E-state index is 0.136. The monoisotopic (exact) mass is 279 g/mol. The Hall–Kier alpha value is -1.62. The SMILES string of the molecule is O=C(Nc1ccc(OC2CCC2)c(F)c1)[C@@H]1CCCO1. The first kappa shape index (κ1) is 13.4. The molecule has 3 rings (SSSR count). The van der Waals surface area contributed by atoms with Gasteiger partial charge in [0.1, 0.15) is 6.10 Å². The molecule has 0 radical (unpaired) electrons. The zero-order chi connectivity index (χ0) is 13.9. The van der Waals surface area contributed by atoms with Crippen molar-refractivity contribution in [1.29, 1.82) is 0 Å². The highest BCUT2D eigenvalue weighted by molar-refractivity contribution is 5.94. The van der Waals surface area contributed by atoms with E-state index in [4.69, 9.17) is 9.47 Å². The van der Waals surface area contributed by atoms with Crippen LogP contribution in [-0.4, -0.2) is 24.7 Å². The van der Waals surface area contributed by atoms with Gasteiger partial charge in [0.05, 0.1) is 6.10 Å². The number of amides is 1. The number of anilines is 1. The predicted octanol–water partition coefficient (Wildman–Crippen LogP) is 2.87. The Morgan fingerprint density at radius 2 is 2.15 bits per heavy atom. The summed E-state index contributed by atoms with van der Waals surface area (Å²) >= 11 is 0. The zero-order valence-corrected chi connectivity index (χ0v) is 11.2. The summed E-state index contributed by atoms with van der Waals surface area (Å²) in [5, 5.41) is 2.67. The van der Waals surface area contributed by atoms with E-state index in [1.54, 1.807) is 12.1 Å². The van der Waals surface area contributed by atoms with Gasteiger partial charge in [-0.25, -0.2) is 4.39 Å². The number of rotatable bonds is 4. The van der Waals surface area contributed by atoms with Crippen molar-refractivity contribution in [2.45, 2.75) is 44.3 Å². The van der Waals surface area contributed by atoms with Crippen molar-refractivity contribution in [3.05, 3.63) is 24.0 Å². The van der Waals surface area contributed by atoms with E-state index < -0.39 is 11.9 Å². The van der Waals surface area contributed by atoms with Crippen LogP contribution in [0.5, 0.6) is 5.75 Å². The van der Waals surface area contributed by atoms with Gasteiger partial charge in [0.15, 0.2) is 11.6 Å². The lowest BCUT2D eigenvalue weighted by molar-refractivity contribution is -0.124. The van der Waals surface area contributed by atoms with Gasteiger partial charge in [0, 0.05) is 18.4 Å². The van der Waals surface area contributed by atoms with Crippen LogP contribution in [0, 0.1) is 5.82 Å². The van der Waals surface area contributed by atoms with Crippen molar-refractivity contribution < 1.29 is 18.7 Å². The summed E-state index contributed by atoms with van der Waals surface area (Å²) < 4.78 is 24.7. The van der Waals surface area contributed by atoms with Gasteiger partial charge in [-0.2, -0.15) is 0 Å². The van der Waals surface area contributed by atoms with E-state index >= 15 is 0 Å². The number of hydrogen-bond donors (Lipinski definition) is 1. The fourth-order valence-corrected chi connectivity index (χ4v) is 2.35. The molecule has 108 valence electrons. The average Bonchev–Trinajstić information content (AvgIpc) is 2.89. The van der Waals surface area contributed by atoms with Crippen LogP contribution in [0.3, 0.4) is 0 Å². The first-order valence-electron chi connectivity index (χ1n) is 7.11. The Labute approximate surface area is 117 Å². The summed E-state index contributed by atoms with van der Waals surface area (Å²) in [5.41, 5.74) is 0.434. The molecule has 0 spiro atoms. The molecule has 0 aromatic heterocycles. The van der Waals surface area contributed by atoms with Crippen LogP contribution in [0.1, 0.15) is 32.1 Å². The second kappa shape index (κ2) is 5.79. The van der Waals surface area contributed by atoms with Crippen LogP contribution < -0.4 is 10.1 Å². The Bertz CT molecular complexity index is 496. The van der Waals surface area contributed by atoms with E-state index in [-0.39, 0.29) is 17.8 Å². The van der Waals surface area contributed by atoms with Gasteiger partial charge in [-0.15, -0.1) is 0 Å². The molecule has 1 atom stereocenters. The van der Waals surface area contributed by atoms with Gasteiger partial charge in [-0.1, -0.05) is 0 Å². The molecule has 1 N–H and O–H groups in total. The van der Waals surface area contributed by atoms with Crippen molar-refractivity contribution >= 4 is 11.6 Å². The van der Waals surface area contributed by atoms with E-state index in [2.05, 4.69) is 5.32 Å². The molecular formula is C15H18FNO3. The Kier molecular flexibility index (Phi) is 3.87. The van der Waals surface area contributed by atoms with E-state index in [9.17, 15) is 9.18 Å². The van der Waals surface area contributed by atoms with Crippen molar-refractivity contribution in [2.75, 3.05) is 11.9 Å². The first-order chi connectivity index (χ1) is 9.72.